The summed E-state index contributed by atoms with van der Waals surface area (Å²) < 4.78 is 0. The van der Waals surface area contributed by atoms with E-state index < -0.39 is 0 Å². The molecule has 0 aromatic heterocycles. The van der Waals surface area contributed by atoms with Gasteiger partial charge in [-0.3, -0.25) is 9.59 Å². The van der Waals surface area contributed by atoms with E-state index in [1.807, 2.05) is 0 Å². The van der Waals surface area contributed by atoms with Crippen molar-refractivity contribution in [1.29, 1.82) is 0 Å². The number of likely N-dealkylation sites (tertiary alicyclic amines) is 1. The Morgan fingerprint density at radius 1 is 1.23 bits per heavy atom. The molecule has 2 unspecified atom stereocenters. The lowest BCUT2D eigenvalue weighted by Gasteiger charge is -2.34. The van der Waals surface area contributed by atoms with Crippen molar-refractivity contribution in [2.24, 2.45) is 11.8 Å². The fourth-order valence-electron chi connectivity index (χ4n) is 3.64. The van der Waals surface area contributed by atoms with Gasteiger partial charge in [0.1, 0.15) is 0 Å². The van der Waals surface area contributed by atoms with Crippen LogP contribution in [-0.2, 0) is 9.59 Å². The number of hydrogen-bond acceptors (Lipinski definition) is 3. The second-order valence-corrected chi connectivity index (χ2v) is 6.95. The topological polar surface area (TPSA) is 69.6 Å². The van der Waals surface area contributed by atoms with Crippen molar-refractivity contribution in [3.8, 4) is 0 Å². The number of hydrogen-bond donors (Lipinski definition) is 2. The van der Waals surface area contributed by atoms with E-state index >= 15 is 0 Å². The monoisotopic (exact) mass is 310 g/mol. The van der Waals surface area contributed by atoms with Crippen molar-refractivity contribution in [1.82, 2.24) is 10.2 Å². The quantitative estimate of drug-likeness (QED) is 0.784. The maximum Gasteiger partial charge on any atom is 0.241 e. The van der Waals surface area contributed by atoms with Crippen LogP contribution in [0, 0.1) is 11.8 Å². The SMILES string of the molecule is CC(O)C1CCCN(C(=O)CNC(=O)CCC2CCCC2)C1. The van der Waals surface area contributed by atoms with E-state index in [0.717, 1.165) is 25.8 Å². The summed E-state index contributed by atoms with van der Waals surface area (Å²) in [5, 5.41) is 12.4. The first kappa shape index (κ1) is 17.3. The summed E-state index contributed by atoms with van der Waals surface area (Å²) in [6.45, 7) is 3.22. The molecule has 1 saturated heterocycles. The summed E-state index contributed by atoms with van der Waals surface area (Å²) in [5.41, 5.74) is 0. The van der Waals surface area contributed by atoms with Gasteiger partial charge in [0.25, 0.3) is 0 Å². The van der Waals surface area contributed by atoms with Crippen LogP contribution in [0.15, 0.2) is 0 Å². The first-order valence-corrected chi connectivity index (χ1v) is 8.79. The van der Waals surface area contributed by atoms with Gasteiger partial charge < -0.3 is 15.3 Å². The van der Waals surface area contributed by atoms with Crippen LogP contribution in [0.3, 0.4) is 0 Å². The van der Waals surface area contributed by atoms with Gasteiger partial charge >= 0.3 is 0 Å². The van der Waals surface area contributed by atoms with E-state index in [1.165, 1.54) is 25.7 Å². The fourth-order valence-corrected chi connectivity index (χ4v) is 3.64. The van der Waals surface area contributed by atoms with Gasteiger partial charge in [-0.05, 0) is 32.1 Å². The molecular formula is C17H30N2O3. The van der Waals surface area contributed by atoms with Crippen LogP contribution < -0.4 is 5.32 Å². The molecule has 1 aliphatic heterocycles. The summed E-state index contributed by atoms with van der Waals surface area (Å²) in [4.78, 5) is 25.8. The molecule has 0 bridgehead atoms. The lowest BCUT2D eigenvalue weighted by molar-refractivity contribution is -0.135. The lowest BCUT2D eigenvalue weighted by Crippen LogP contribution is -2.46. The predicted octanol–water partition coefficient (Wildman–Crippen LogP) is 1.69. The predicted molar refractivity (Wildman–Crippen MR) is 85.2 cm³/mol. The van der Waals surface area contributed by atoms with Gasteiger partial charge in [-0.25, -0.2) is 0 Å². The number of rotatable bonds is 6. The van der Waals surface area contributed by atoms with Crippen LogP contribution in [0.2, 0.25) is 0 Å². The molecule has 1 aliphatic carbocycles. The van der Waals surface area contributed by atoms with Crippen LogP contribution in [0.1, 0.15) is 58.3 Å². The van der Waals surface area contributed by atoms with Crippen molar-refractivity contribution in [2.45, 2.75) is 64.4 Å². The van der Waals surface area contributed by atoms with Crippen molar-refractivity contribution in [2.75, 3.05) is 19.6 Å². The first-order chi connectivity index (χ1) is 10.6. The highest BCUT2D eigenvalue weighted by Gasteiger charge is 2.26. The van der Waals surface area contributed by atoms with Crippen molar-refractivity contribution in [3.63, 3.8) is 0 Å². The van der Waals surface area contributed by atoms with E-state index in [9.17, 15) is 14.7 Å². The average molecular weight is 310 g/mol. The highest BCUT2D eigenvalue weighted by molar-refractivity contribution is 5.84. The van der Waals surface area contributed by atoms with Gasteiger partial charge in [0.05, 0.1) is 12.6 Å². The molecule has 1 heterocycles. The zero-order valence-electron chi connectivity index (χ0n) is 13.7. The molecule has 1 saturated carbocycles. The number of aliphatic hydroxyl groups excluding tert-OH is 1. The largest absolute Gasteiger partial charge is 0.393 e. The fraction of sp³-hybridized carbons (Fsp3) is 0.882. The Morgan fingerprint density at radius 3 is 2.64 bits per heavy atom. The molecule has 126 valence electrons. The Hall–Kier alpha value is -1.10. The smallest absolute Gasteiger partial charge is 0.241 e. The Kier molecular flexibility index (Phi) is 6.68. The van der Waals surface area contributed by atoms with Crippen molar-refractivity contribution in [3.05, 3.63) is 0 Å². The Bertz CT molecular complexity index is 378. The highest BCUT2D eigenvalue weighted by atomic mass is 16.3. The van der Waals surface area contributed by atoms with Crippen molar-refractivity contribution >= 4 is 11.8 Å². The van der Waals surface area contributed by atoms with Gasteiger partial charge in [-0.1, -0.05) is 25.7 Å². The number of carbonyl (C=O) groups excluding carboxylic acids is 2. The number of amides is 2. The summed E-state index contributed by atoms with van der Waals surface area (Å²) in [7, 11) is 0. The summed E-state index contributed by atoms with van der Waals surface area (Å²) in [6.07, 6.45) is 8.10. The van der Waals surface area contributed by atoms with Gasteiger partial charge in [0, 0.05) is 25.4 Å². The lowest BCUT2D eigenvalue weighted by atomic mass is 9.93. The number of piperidine rings is 1. The standard InChI is InChI=1S/C17H30N2O3/c1-13(20)15-7-4-10-19(12-15)17(22)11-18-16(21)9-8-14-5-2-3-6-14/h13-15,20H,2-12H2,1H3,(H,18,21). The summed E-state index contributed by atoms with van der Waals surface area (Å²) in [6, 6.07) is 0. The highest BCUT2D eigenvalue weighted by Crippen LogP contribution is 2.28. The first-order valence-electron chi connectivity index (χ1n) is 8.79. The normalized spacial score (nSPS) is 24.3. The van der Waals surface area contributed by atoms with Crippen LogP contribution in [-0.4, -0.2) is 47.6 Å². The van der Waals surface area contributed by atoms with Crippen LogP contribution in [0.5, 0.6) is 0 Å². The second kappa shape index (κ2) is 8.51. The number of nitrogens with one attached hydrogen (secondary N) is 1. The minimum atomic E-state index is -0.378. The van der Waals surface area contributed by atoms with E-state index in [-0.39, 0.29) is 30.4 Å². The van der Waals surface area contributed by atoms with E-state index in [1.54, 1.807) is 11.8 Å². The molecule has 2 amide bonds. The van der Waals surface area contributed by atoms with E-state index in [4.69, 9.17) is 0 Å². The van der Waals surface area contributed by atoms with Gasteiger partial charge in [-0.15, -0.1) is 0 Å². The van der Waals surface area contributed by atoms with Gasteiger partial charge in [0.2, 0.25) is 11.8 Å². The van der Waals surface area contributed by atoms with Crippen molar-refractivity contribution < 1.29 is 14.7 Å². The molecular weight excluding hydrogens is 280 g/mol. The van der Waals surface area contributed by atoms with Crippen LogP contribution in [0.4, 0.5) is 0 Å². The molecule has 2 aliphatic rings. The van der Waals surface area contributed by atoms with Crippen LogP contribution in [0.25, 0.3) is 0 Å². The third-order valence-corrected chi connectivity index (χ3v) is 5.18. The molecule has 0 spiro atoms. The Labute approximate surface area is 133 Å². The molecule has 5 nitrogen and oxygen atoms in total. The van der Waals surface area contributed by atoms with Gasteiger partial charge in [-0.2, -0.15) is 0 Å². The summed E-state index contributed by atoms with van der Waals surface area (Å²) in [5.74, 6) is 0.829. The Balaban J connectivity index is 1.64. The molecule has 0 radical (unpaired) electrons. The minimum absolute atomic E-state index is 0.00987. The molecule has 5 heteroatoms. The number of carbonyl (C=O) groups is 2. The molecule has 0 aromatic rings. The Morgan fingerprint density at radius 2 is 1.95 bits per heavy atom. The number of aliphatic hydroxyl groups is 1. The van der Waals surface area contributed by atoms with Gasteiger partial charge in [0.15, 0.2) is 0 Å². The maximum atomic E-state index is 12.2. The second-order valence-electron chi connectivity index (χ2n) is 6.95. The molecule has 2 rings (SSSR count). The molecule has 2 atom stereocenters. The maximum absolute atomic E-state index is 12.2. The average Bonchev–Trinajstić information content (AvgIpc) is 3.04. The molecule has 2 fully saturated rings. The zero-order chi connectivity index (χ0) is 15.9. The molecule has 0 aromatic carbocycles. The zero-order valence-corrected chi connectivity index (χ0v) is 13.7. The minimum Gasteiger partial charge on any atom is -0.393 e. The molecule has 22 heavy (non-hydrogen) atoms. The third kappa shape index (κ3) is 5.27. The summed E-state index contributed by atoms with van der Waals surface area (Å²) >= 11 is 0. The number of nitrogens with zero attached hydrogens (tertiary/aromatic N) is 1. The van der Waals surface area contributed by atoms with E-state index in [0.29, 0.717) is 18.9 Å². The molecule has 2 N–H and O–H groups in total. The third-order valence-electron chi connectivity index (χ3n) is 5.18. The van der Waals surface area contributed by atoms with E-state index in [2.05, 4.69) is 5.32 Å². The van der Waals surface area contributed by atoms with Crippen LogP contribution >= 0.6 is 0 Å².